The van der Waals surface area contributed by atoms with Crippen molar-refractivity contribution in [1.82, 2.24) is 0 Å². The van der Waals surface area contributed by atoms with Crippen LogP contribution in [0, 0.1) is 0 Å². The molecule has 0 saturated heterocycles. The van der Waals surface area contributed by atoms with E-state index in [9.17, 15) is 0 Å². The van der Waals surface area contributed by atoms with Gasteiger partial charge < -0.3 is 9.80 Å². The number of anilines is 6. The van der Waals surface area contributed by atoms with Gasteiger partial charge in [-0.3, -0.25) is 0 Å². The van der Waals surface area contributed by atoms with E-state index in [1.54, 1.807) is 0 Å². The van der Waals surface area contributed by atoms with Crippen LogP contribution in [0.25, 0.3) is 186 Å². The maximum absolute atomic E-state index is 2.54. The van der Waals surface area contributed by atoms with Gasteiger partial charge in [-0.15, -0.1) is 0 Å². The summed E-state index contributed by atoms with van der Waals surface area (Å²) < 4.78 is 0. The van der Waals surface area contributed by atoms with Crippen molar-refractivity contribution in [2.75, 3.05) is 9.80 Å². The van der Waals surface area contributed by atoms with Gasteiger partial charge in [0.25, 0.3) is 0 Å². The van der Waals surface area contributed by atoms with Gasteiger partial charge in [0, 0.05) is 33.6 Å². The molecule has 610 valence electrons. The topological polar surface area (TPSA) is 6.48 Å². The molecule has 0 unspecified atom stereocenters. The van der Waals surface area contributed by atoms with Crippen LogP contribution >= 0.6 is 0 Å². The van der Waals surface area contributed by atoms with Gasteiger partial charge in [-0.25, -0.2) is 0 Å². The molecule has 2 nitrogen and oxygen atoms in total. The minimum Gasteiger partial charge on any atom is -0.309 e. The smallest absolute Gasteiger partial charge is 0.0714 e. The van der Waals surface area contributed by atoms with Crippen molar-refractivity contribution < 1.29 is 0 Å². The van der Waals surface area contributed by atoms with Crippen molar-refractivity contribution >= 4 is 120 Å². The van der Waals surface area contributed by atoms with Gasteiger partial charge in [0.1, 0.15) is 0 Å². The summed E-state index contributed by atoms with van der Waals surface area (Å²) in [7, 11) is 0. The fourth-order valence-electron chi connectivity index (χ4n) is 21.5. The monoisotopic (exact) mass is 1660 g/mol. The van der Waals surface area contributed by atoms with Crippen LogP contribution in [0.3, 0.4) is 0 Å². The molecule has 2 heteroatoms. The molecule has 0 spiro atoms. The lowest BCUT2D eigenvalue weighted by Gasteiger charge is -2.35. The third kappa shape index (κ3) is 13.1. The van der Waals surface area contributed by atoms with Gasteiger partial charge in [0.2, 0.25) is 0 Å². The second-order valence-electron chi connectivity index (χ2n) is 34.9. The van der Waals surface area contributed by atoms with Crippen LogP contribution in [0.4, 0.5) is 34.1 Å². The first kappa shape index (κ1) is 76.4. The van der Waals surface area contributed by atoms with Crippen molar-refractivity contribution in [2.45, 2.75) is 5.41 Å². The molecule has 0 saturated carbocycles. The van der Waals surface area contributed by atoms with E-state index in [4.69, 9.17) is 0 Å². The Labute approximate surface area is 762 Å². The van der Waals surface area contributed by atoms with Gasteiger partial charge in [-0.05, 0) is 277 Å². The van der Waals surface area contributed by atoms with E-state index in [1.165, 1.54) is 125 Å². The number of hydrogen-bond donors (Lipinski definition) is 0. The second kappa shape index (κ2) is 31.8. The van der Waals surface area contributed by atoms with E-state index >= 15 is 0 Å². The highest BCUT2D eigenvalue weighted by molar-refractivity contribution is 6.15. The maximum atomic E-state index is 2.54. The number of fused-ring (bicyclic) bond motifs is 15. The zero-order chi connectivity index (χ0) is 86.5. The summed E-state index contributed by atoms with van der Waals surface area (Å²) in [6.45, 7) is 0. The molecule has 0 radical (unpaired) electrons. The van der Waals surface area contributed by atoms with E-state index in [1.807, 2.05) is 0 Å². The Morgan fingerprint density at radius 2 is 0.420 bits per heavy atom. The van der Waals surface area contributed by atoms with E-state index in [2.05, 4.69) is 519 Å². The lowest BCUT2D eigenvalue weighted by Crippen LogP contribution is -2.28. The molecule has 1 aliphatic rings. The molecule has 1 aliphatic carbocycles. The quantitative estimate of drug-likeness (QED) is 0.0890. The van der Waals surface area contributed by atoms with Crippen LogP contribution in [0.15, 0.2) is 510 Å². The van der Waals surface area contributed by atoms with Crippen LogP contribution in [0.2, 0.25) is 0 Å². The molecule has 131 heavy (non-hydrogen) atoms. The van der Waals surface area contributed by atoms with E-state index in [0.717, 1.165) is 118 Å². The van der Waals surface area contributed by atoms with Gasteiger partial charge in [0.05, 0.1) is 28.2 Å². The van der Waals surface area contributed by atoms with Crippen molar-refractivity contribution in [1.29, 1.82) is 0 Å². The SMILES string of the molecule is c1ccc(-c2cc(-c3ccc(-c4cccc5c4ccc4cc(-c6ccccc6N(c6ccc7c(c6)C(c6ccccc6)(c6ccccc6)c6ccccc6-7)c6ccccc6-c6ccc7c(ccc8ccccc87)c6)ccc45)cc3)cc(-c3ccc(N(c4ccccc4-c4ccc5c(ccc6ccccc65)c4)c4ccccc4-c4ccc5c(ccc6ccccc65)c4)cc3)c2)cc1. The summed E-state index contributed by atoms with van der Waals surface area (Å²) in [6, 6.07) is 190. The Hall–Kier alpha value is -17.0. The lowest BCUT2D eigenvalue weighted by molar-refractivity contribution is 0.768. The summed E-state index contributed by atoms with van der Waals surface area (Å²) in [6.07, 6.45) is 0. The first-order valence-electron chi connectivity index (χ1n) is 45.4. The van der Waals surface area contributed by atoms with Crippen molar-refractivity contribution in [3.8, 4) is 100 Å². The largest absolute Gasteiger partial charge is 0.309 e. The average molecular weight is 1660 g/mol. The Balaban J connectivity index is 0.572. The predicted molar refractivity (Wildman–Crippen MR) is 557 cm³/mol. The maximum Gasteiger partial charge on any atom is 0.0714 e. The fourth-order valence-corrected chi connectivity index (χ4v) is 21.5. The number of benzene rings is 24. The zero-order valence-corrected chi connectivity index (χ0v) is 71.9. The Bertz CT molecular complexity index is 8450. The van der Waals surface area contributed by atoms with Gasteiger partial charge >= 0.3 is 0 Å². The Morgan fingerprint density at radius 1 is 0.130 bits per heavy atom. The molecular formula is C129H84N2. The van der Waals surface area contributed by atoms with Gasteiger partial charge in [0.15, 0.2) is 0 Å². The normalized spacial score (nSPS) is 12.2. The fraction of sp³-hybridized carbons (Fsp3) is 0.00775. The molecule has 25 rings (SSSR count). The molecule has 0 bridgehead atoms. The number of para-hydroxylation sites is 4. The Morgan fingerprint density at radius 3 is 0.870 bits per heavy atom. The molecule has 0 amide bonds. The van der Waals surface area contributed by atoms with Crippen molar-refractivity contribution in [2.24, 2.45) is 0 Å². The highest BCUT2D eigenvalue weighted by Gasteiger charge is 2.46. The third-order valence-corrected chi connectivity index (χ3v) is 27.7. The molecule has 24 aromatic carbocycles. The van der Waals surface area contributed by atoms with Crippen LogP contribution in [0.1, 0.15) is 22.3 Å². The van der Waals surface area contributed by atoms with Crippen LogP contribution in [-0.4, -0.2) is 0 Å². The highest BCUT2D eigenvalue weighted by atomic mass is 15.2. The molecule has 0 aromatic heterocycles. The lowest BCUT2D eigenvalue weighted by atomic mass is 9.67. The minimum absolute atomic E-state index is 0.607. The summed E-state index contributed by atoms with van der Waals surface area (Å²) in [5.41, 5.74) is 31.7. The summed E-state index contributed by atoms with van der Waals surface area (Å²) in [4.78, 5) is 5.02. The summed E-state index contributed by atoms with van der Waals surface area (Å²) in [5.74, 6) is 0. The highest BCUT2D eigenvalue weighted by Crippen LogP contribution is 2.59. The molecule has 0 atom stereocenters. The third-order valence-electron chi connectivity index (χ3n) is 27.7. The molecule has 0 fully saturated rings. The number of nitrogens with zero attached hydrogens (tertiary/aromatic N) is 2. The molecule has 0 heterocycles. The van der Waals surface area contributed by atoms with Crippen LogP contribution in [0.5, 0.6) is 0 Å². The minimum atomic E-state index is -0.607. The summed E-state index contributed by atoms with van der Waals surface area (Å²) >= 11 is 0. The van der Waals surface area contributed by atoms with E-state index < -0.39 is 5.41 Å². The van der Waals surface area contributed by atoms with E-state index in [0.29, 0.717) is 0 Å². The van der Waals surface area contributed by atoms with Crippen LogP contribution < -0.4 is 9.80 Å². The molecule has 0 N–H and O–H groups in total. The molecular weight excluding hydrogens is 1580 g/mol. The predicted octanol–water partition coefficient (Wildman–Crippen LogP) is 35.6. The Kier molecular flexibility index (Phi) is 18.6. The number of hydrogen-bond acceptors (Lipinski definition) is 2. The summed E-state index contributed by atoms with van der Waals surface area (Å²) in [5, 5.41) is 19.7. The second-order valence-corrected chi connectivity index (χ2v) is 34.9. The number of rotatable bonds is 16. The zero-order valence-electron chi connectivity index (χ0n) is 71.9. The first-order valence-corrected chi connectivity index (χ1v) is 45.4. The first-order chi connectivity index (χ1) is 64.9. The van der Waals surface area contributed by atoms with Crippen molar-refractivity contribution in [3.63, 3.8) is 0 Å². The molecule has 24 aromatic rings. The van der Waals surface area contributed by atoms with Crippen molar-refractivity contribution in [3.05, 3.63) is 532 Å². The van der Waals surface area contributed by atoms with E-state index in [-0.39, 0.29) is 0 Å². The van der Waals surface area contributed by atoms with Gasteiger partial charge in [-0.1, -0.05) is 419 Å². The standard InChI is InChI=1S/C129H84N2/c1-4-27-85(28-5-1)100-81-101(83-102(82-100)87-61-68-105(69-62-87)130(125-47-22-17-39-115(125)96-63-71-111-92(77-96)58-55-88-29-10-13-36-107(88)111)126-48-23-18-40-116(126)97-64-72-112-93(78-97)59-56-89-30-11-14-37-108(89)112)86-51-53-91(54-52-86)110-44-26-45-119-114-74-66-99(80-95(114)67-75-120(110)119)118-42-20-25-50-128(118)131(127-49-24-19-41-117(127)98-65-73-113-94(79-98)60-57-90-31-12-15-38-109(90)113)106-70-76-122-121-43-16-21-46-123(121)129(124(122)84-106,103-32-6-2-7-33-103)104-34-8-3-9-35-104/h1-84H. The van der Waals surface area contributed by atoms with Crippen LogP contribution in [-0.2, 0) is 5.41 Å². The average Bonchev–Trinajstić information content (AvgIpc) is 1.53. The van der Waals surface area contributed by atoms with Gasteiger partial charge in [-0.2, -0.15) is 0 Å². The molecule has 0 aliphatic heterocycles.